The smallest absolute Gasteiger partial charge is 0.187 e. The van der Waals surface area contributed by atoms with Crippen LogP contribution in [0, 0.1) is 11.5 Å². The van der Waals surface area contributed by atoms with E-state index in [4.69, 9.17) is 5.26 Å². The number of hydrogen-bond donors (Lipinski definition) is 0. The van der Waals surface area contributed by atoms with Gasteiger partial charge in [0.25, 0.3) is 0 Å². The zero-order valence-electron chi connectivity index (χ0n) is 6.86. The van der Waals surface area contributed by atoms with Gasteiger partial charge in [-0.2, -0.15) is 10.4 Å². The molecule has 1 aliphatic heterocycles. The second-order valence-electron chi connectivity index (χ2n) is 2.53. The second kappa shape index (κ2) is 3.24. The zero-order chi connectivity index (χ0) is 8.27. The normalized spacial score (nSPS) is 22.5. The van der Waals surface area contributed by atoms with Crippen LogP contribution >= 0.6 is 0 Å². The van der Waals surface area contributed by atoms with E-state index in [0.29, 0.717) is 0 Å². The van der Waals surface area contributed by atoms with Crippen molar-refractivity contribution >= 4 is 6.34 Å². The number of hydrogen-bond acceptors (Lipinski definition) is 4. The molecular formula is C7H12N4. The lowest BCUT2D eigenvalue weighted by Crippen LogP contribution is -2.34. The maximum atomic E-state index is 8.58. The van der Waals surface area contributed by atoms with Crippen LogP contribution in [0.25, 0.3) is 0 Å². The van der Waals surface area contributed by atoms with Crippen molar-refractivity contribution in [3.8, 4) is 6.19 Å². The van der Waals surface area contributed by atoms with E-state index in [1.807, 2.05) is 18.1 Å². The van der Waals surface area contributed by atoms with Gasteiger partial charge in [-0.3, -0.25) is 5.01 Å². The van der Waals surface area contributed by atoms with E-state index < -0.39 is 0 Å². The summed E-state index contributed by atoms with van der Waals surface area (Å²) in [5.41, 5.74) is 0. The van der Waals surface area contributed by atoms with Crippen LogP contribution in [0.15, 0.2) is 5.10 Å². The summed E-state index contributed by atoms with van der Waals surface area (Å²) < 4.78 is 0. The highest BCUT2D eigenvalue weighted by molar-refractivity contribution is 5.59. The Balaban J connectivity index is 2.51. The molecule has 1 heterocycles. The molecule has 0 aromatic carbocycles. The predicted octanol–water partition coefficient (Wildman–Crippen LogP) is 0.784. The topological polar surface area (TPSA) is 42.6 Å². The van der Waals surface area contributed by atoms with Gasteiger partial charge in [-0.25, -0.2) is 4.90 Å². The highest BCUT2D eigenvalue weighted by atomic mass is 15.6. The molecule has 0 aromatic heterocycles. The average Bonchev–Trinajstić information content (AvgIpc) is 2.34. The molecule has 60 valence electrons. The molecule has 4 heteroatoms. The fourth-order valence-corrected chi connectivity index (χ4v) is 1.04. The first kappa shape index (κ1) is 7.86. The Kier molecular flexibility index (Phi) is 2.32. The Morgan fingerprint density at radius 3 is 2.91 bits per heavy atom. The van der Waals surface area contributed by atoms with Gasteiger partial charge in [-0.15, -0.1) is 0 Å². The van der Waals surface area contributed by atoms with Crippen molar-refractivity contribution in [1.82, 2.24) is 9.91 Å². The van der Waals surface area contributed by atoms with Crippen LogP contribution in [0.2, 0.25) is 0 Å². The van der Waals surface area contributed by atoms with Gasteiger partial charge in [-0.05, 0) is 13.3 Å². The molecule has 0 aliphatic carbocycles. The van der Waals surface area contributed by atoms with E-state index in [1.165, 1.54) is 4.90 Å². The standard InChI is InChI=1S/C7H12N4/c1-3-4-11-7(2)10(5-8)6-9-11/h6-7H,3-4H2,1-2H3. The van der Waals surface area contributed by atoms with Crippen LogP contribution in [0.3, 0.4) is 0 Å². The Hall–Kier alpha value is -1.24. The number of rotatable bonds is 2. The number of nitrogens with zero attached hydrogens (tertiary/aromatic N) is 4. The highest BCUT2D eigenvalue weighted by Crippen LogP contribution is 2.10. The molecule has 0 saturated heterocycles. The fourth-order valence-electron chi connectivity index (χ4n) is 1.04. The van der Waals surface area contributed by atoms with E-state index in [1.54, 1.807) is 6.34 Å². The van der Waals surface area contributed by atoms with Gasteiger partial charge in [0.15, 0.2) is 6.19 Å². The minimum Gasteiger partial charge on any atom is -0.272 e. The van der Waals surface area contributed by atoms with E-state index in [9.17, 15) is 0 Å². The van der Waals surface area contributed by atoms with Crippen molar-refractivity contribution in [3.05, 3.63) is 0 Å². The molecule has 1 atom stereocenters. The molecule has 0 spiro atoms. The molecule has 0 aromatic rings. The van der Waals surface area contributed by atoms with E-state index in [0.717, 1.165) is 13.0 Å². The highest BCUT2D eigenvalue weighted by Gasteiger charge is 2.21. The first-order chi connectivity index (χ1) is 5.29. The molecular weight excluding hydrogens is 140 g/mol. The first-order valence-corrected chi connectivity index (χ1v) is 3.78. The first-order valence-electron chi connectivity index (χ1n) is 3.78. The molecule has 0 bridgehead atoms. The molecule has 0 radical (unpaired) electrons. The second-order valence-corrected chi connectivity index (χ2v) is 2.53. The van der Waals surface area contributed by atoms with Crippen LogP contribution in [0.5, 0.6) is 0 Å². The van der Waals surface area contributed by atoms with Crippen molar-refractivity contribution in [1.29, 1.82) is 5.26 Å². The van der Waals surface area contributed by atoms with Crippen LogP contribution in [-0.4, -0.2) is 29.0 Å². The number of nitriles is 1. The summed E-state index contributed by atoms with van der Waals surface area (Å²) in [4.78, 5) is 1.54. The summed E-state index contributed by atoms with van der Waals surface area (Å²) in [6.45, 7) is 4.97. The maximum Gasteiger partial charge on any atom is 0.187 e. The molecule has 0 amide bonds. The molecule has 0 fully saturated rings. The molecule has 0 saturated carbocycles. The Morgan fingerprint density at radius 2 is 2.45 bits per heavy atom. The summed E-state index contributed by atoms with van der Waals surface area (Å²) >= 11 is 0. The molecule has 11 heavy (non-hydrogen) atoms. The molecule has 0 N–H and O–H groups in total. The largest absolute Gasteiger partial charge is 0.272 e. The van der Waals surface area contributed by atoms with Crippen LogP contribution in [0.1, 0.15) is 20.3 Å². The van der Waals surface area contributed by atoms with Gasteiger partial charge < -0.3 is 0 Å². The van der Waals surface area contributed by atoms with E-state index >= 15 is 0 Å². The van der Waals surface area contributed by atoms with Crippen molar-refractivity contribution < 1.29 is 0 Å². The van der Waals surface area contributed by atoms with Crippen LogP contribution < -0.4 is 0 Å². The van der Waals surface area contributed by atoms with Crippen LogP contribution in [0.4, 0.5) is 0 Å². The van der Waals surface area contributed by atoms with Gasteiger partial charge in [0.2, 0.25) is 0 Å². The lowest BCUT2D eigenvalue weighted by Gasteiger charge is -2.21. The maximum absolute atomic E-state index is 8.58. The van der Waals surface area contributed by atoms with Gasteiger partial charge in [-0.1, -0.05) is 6.92 Å². The van der Waals surface area contributed by atoms with Gasteiger partial charge >= 0.3 is 0 Å². The van der Waals surface area contributed by atoms with Crippen molar-refractivity contribution in [2.75, 3.05) is 6.54 Å². The zero-order valence-corrected chi connectivity index (χ0v) is 6.86. The van der Waals surface area contributed by atoms with Gasteiger partial charge in [0.05, 0.1) is 0 Å². The predicted molar refractivity (Wildman–Crippen MR) is 42.4 cm³/mol. The Morgan fingerprint density at radius 1 is 1.73 bits per heavy atom. The van der Waals surface area contributed by atoms with Gasteiger partial charge in [0.1, 0.15) is 12.5 Å². The van der Waals surface area contributed by atoms with Crippen LogP contribution in [-0.2, 0) is 0 Å². The van der Waals surface area contributed by atoms with E-state index in [-0.39, 0.29) is 6.17 Å². The van der Waals surface area contributed by atoms with E-state index in [2.05, 4.69) is 12.0 Å². The summed E-state index contributed by atoms with van der Waals surface area (Å²) in [6.07, 6.45) is 4.77. The molecule has 1 unspecified atom stereocenters. The average molecular weight is 152 g/mol. The van der Waals surface area contributed by atoms with Gasteiger partial charge in [0, 0.05) is 6.54 Å². The molecule has 1 aliphatic rings. The third kappa shape index (κ3) is 1.43. The lowest BCUT2D eigenvalue weighted by molar-refractivity contribution is 0.179. The quantitative estimate of drug-likeness (QED) is 0.549. The van der Waals surface area contributed by atoms with Crippen molar-refractivity contribution in [2.24, 2.45) is 5.10 Å². The minimum atomic E-state index is 0.0972. The number of hydrazone groups is 1. The van der Waals surface area contributed by atoms with Crippen molar-refractivity contribution in [2.45, 2.75) is 26.4 Å². The summed E-state index contributed by atoms with van der Waals surface area (Å²) in [7, 11) is 0. The Labute approximate surface area is 66.7 Å². The summed E-state index contributed by atoms with van der Waals surface area (Å²) in [5, 5.41) is 14.6. The third-order valence-corrected chi connectivity index (χ3v) is 1.73. The third-order valence-electron chi connectivity index (χ3n) is 1.73. The monoisotopic (exact) mass is 152 g/mol. The SMILES string of the molecule is CCCN1N=CN(C#N)C1C. The minimum absolute atomic E-state index is 0.0972. The fraction of sp³-hybridized carbons (Fsp3) is 0.714. The summed E-state index contributed by atoms with van der Waals surface area (Å²) in [5.74, 6) is 0. The molecule has 4 nitrogen and oxygen atoms in total. The summed E-state index contributed by atoms with van der Waals surface area (Å²) in [6, 6.07) is 0. The molecule has 1 rings (SSSR count). The Bertz CT molecular complexity index is 193. The van der Waals surface area contributed by atoms with Crippen molar-refractivity contribution in [3.63, 3.8) is 0 Å². The lowest BCUT2D eigenvalue weighted by atomic mass is 10.4.